The summed E-state index contributed by atoms with van der Waals surface area (Å²) in [5, 5.41) is 9.35. The van der Waals surface area contributed by atoms with Crippen molar-refractivity contribution in [3.63, 3.8) is 0 Å². The monoisotopic (exact) mass is 423 g/mol. The fraction of sp³-hybridized carbons (Fsp3) is 0.0476. The van der Waals surface area contributed by atoms with E-state index in [2.05, 4.69) is 35.9 Å². The first-order valence-corrected chi connectivity index (χ1v) is 8.99. The summed E-state index contributed by atoms with van der Waals surface area (Å²) >= 11 is 0. The van der Waals surface area contributed by atoms with Gasteiger partial charge in [-0.25, -0.2) is 4.39 Å². The van der Waals surface area contributed by atoms with Gasteiger partial charge in [0.05, 0.1) is 6.20 Å². The van der Waals surface area contributed by atoms with Crippen LogP contribution in [0.1, 0.15) is 5.56 Å². The van der Waals surface area contributed by atoms with Gasteiger partial charge in [0, 0.05) is 29.7 Å². The average molecular weight is 424 g/mol. The van der Waals surface area contributed by atoms with Crippen LogP contribution in [0.5, 0.6) is 0 Å². The van der Waals surface area contributed by atoms with Crippen LogP contribution in [0.4, 0.5) is 33.6 Å². The lowest BCUT2D eigenvalue weighted by Crippen LogP contribution is -2.10. The van der Waals surface area contributed by atoms with Gasteiger partial charge in [-0.2, -0.15) is 15.0 Å². The number of rotatable bonds is 7. The van der Waals surface area contributed by atoms with E-state index >= 15 is 0 Å². The molecule has 0 aliphatic heterocycles. The quantitative estimate of drug-likeness (QED) is 0.388. The van der Waals surface area contributed by atoms with Crippen molar-refractivity contribution in [1.29, 1.82) is 0 Å². The van der Waals surface area contributed by atoms with Gasteiger partial charge in [0.15, 0.2) is 0 Å². The van der Waals surface area contributed by atoms with Gasteiger partial charge in [0.2, 0.25) is 17.8 Å². The first kappa shape index (κ1) is 20.9. The molecule has 2 aromatic heterocycles. The maximum atomic E-state index is 13.8. The summed E-state index contributed by atoms with van der Waals surface area (Å²) < 4.78 is 13.8. The highest BCUT2D eigenvalue weighted by Crippen LogP contribution is 2.19. The van der Waals surface area contributed by atoms with Crippen LogP contribution in [-0.2, 0) is 6.54 Å². The Morgan fingerprint density at radius 1 is 0.700 bits per heavy atom. The van der Waals surface area contributed by atoms with Gasteiger partial charge >= 0.3 is 0 Å². The molecule has 3 N–H and O–H groups in total. The third kappa shape index (κ3) is 5.62. The second-order valence-electron chi connectivity index (χ2n) is 6.11. The maximum Gasteiger partial charge on any atom is 0.233 e. The largest absolute Gasteiger partial charge is 0.350 e. The Morgan fingerprint density at radius 2 is 1.23 bits per heavy atom. The average Bonchev–Trinajstić information content (AvgIpc) is 2.74. The third-order valence-electron chi connectivity index (χ3n) is 3.99. The lowest BCUT2D eigenvalue weighted by atomic mass is 10.2. The number of anilines is 5. The van der Waals surface area contributed by atoms with Crippen molar-refractivity contribution in [2.75, 3.05) is 16.0 Å². The fourth-order valence-electron chi connectivity index (χ4n) is 2.59. The topological polar surface area (TPSA) is 87.7 Å². The molecule has 7 nitrogen and oxygen atoms in total. The Balaban J connectivity index is 0.00000256. The number of nitrogens with zero attached hydrogens (tertiary/aromatic N) is 4. The molecule has 0 radical (unpaired) electrons. The van der Waals surface area contributed by atoms with E-state index in [1.165, 1.54) is 12.4 Å². The summed E-state index contributed by atoms with van der Waals surface area (Å²) in [6.45, 7) is 0.216. The van der Waals surface area contributed by atoms with E-state index in [-0.39, 0.29) is 24.8 Å². The standard InChI is InChI=1S/C21H18FN7.ClH/c22-18-14-23-12-11-15(18)13-24-19-27-20(25-16-7-3-1-4-8-16)29-21(28-19)26-17-9-5-2-6-10-17;/h1-12,14H,13H2,(H3,24,25,26,27,28,29);1H. The van der Waals surface area contributed by atoms with Crippen molar-refractivity contribution in [1.82, 2.24) is 19.9 Å². The van der Waals surface area contributed by atoms with Crippen LogP contribution in [0.15, 0.2) is 79.1 Å². The molecule has 30 heavy (non-hydrogen) atoms. The number of aromatic nitrogens is 4. The zero-order chi connectivity index (χ0) is 19.9. The number of benzene rings is 2. The van der Waals surface area contributed by atoms with Gasteiger partial charge < -0.3 is 16.0 Å². The Morgan fingerprint density at radius 3 is 1.77 bits per heavy atom. The predicted octanol–water partition coefficient (Wildman–Crippen LogP) is 4.93. The second-order valence-corrected chi connectivity index (χ2v) is 6.11. The van der Waals surface area contributed by atoms with E-state index in [0.29, 0.717) is 23.4 Å². The number of pyridine rings is 1. The van der Waals surface area contributed by atoms with Crippen molar-refractivity contribution in [2.24, 2.45) is 0 Å². The van der Waals surface area contributed by atoms with Crippen LogP contribution in [0.3, 0.4) is 0 Å². The molecule has 0 aliphatic carbocycles. The maximum absolute atomic E-state index is 13.8. The van der Waals surface area contributed by atoms with Crippen molar-refractivity contribution in [3.8, 4) is 0 Å². The molecule has 0 saturated heterocycles. The first-order chi connectivity index (χ1) is 14.3. The minimum atomic E-state index is -0.390. The predicted molar refractivity (Wildman–Crippen MR) is 118 cm³/mol. The van der Waals surface area contributed by atoms with Gasteiger partial charge in [-0.3, -0.25) is 4.98 Å². The number of hydrogen-bond acceptors (Lipinski definition) is 7. The Hall–Kier alpha value is -3.78. The smallest absolute Gasteiger partial charge is 0.233 e. The third-order valence-corrected chi connectivity index (χ3v) is 3.99. The summed E-state index contributed by atoms with van der Waals surface area (Å²) in [7, 11) is 0. The zero-order valence-electron chi connectivity index (χ0n) is 15.8. The molecule has 2 aromatic carbocycles. The molecule has 4 aromatic rings. The molecule has 0 unspecified atom stereocenters. The van der Waals surface area contributed by atoms with Crippen LogP contribution < -0.4 is 16.0 Å². The van der Waals surface area contributed by atoms with Gasteiger partial charge in [-0.1, -0.05) is 36.4 Å². The van der Waals surface area contributed by atoms with E-state index in [4.69, 9.17) is 0 Å². The molecule has 9 heteroatoms. The zero-order valence-corrected chi connectivity index (χ0v) is 16.6. The van der Waals surface area contributed by atoms with E-state index in [0.717, 1.165) is 11.4 Å². The number of nitrogens with one attached hydrogen (secondary N) is 3. The molecular formula is C21H19ClFN7. The summed E-state index contributed by atoms with van der Waals surface area (Å²) in [6, 6.07) is 20.8. The Bertz CT molecular complexity index is 1020. The normalized spacial score (nSPS) is 10.0. The minimum absolute atomic E-state index is 0. The molecule has 0 bridgehead atoms. The minimum Gasteiger partial charge on any atom is -0.350 e. The van der Waals surface area contributed by atoms with Crippen LogP contribution in [0, 0.1) is 5.82 Å². The van der Waals surface area contributed by atoms with Crippen molar-refractivity contribution in [2.45, 2.75) is 6.54 Å². The van der Waals surface area contributed by atoms with Crippen LogP contribution in [0.2, 0.25) is 0 Å². The van der Waals surface area contributed by atoms with Crippen LogP contribution >= 0.6 is 12.4 Å². The number of para-hydroxylation sites is 2. The lowest BCUT2D eigenvalue weighted by molar-refractivity contribution is 0.606. The van der Waals surface area contributed by atoms with Gasteiger partial charge in [0.25, 0.3) is 0 Å². The first-order valence-electron chi connectivity index (χ1n) is 8.99. The Kier molecular flexibility index (Phi) is 7.07. The molecule has 152 valence electrons. The number of halogens is 2. The Labute approximate surface area is 179 Å². The highest BCUT2D eigenvalue weighted by molar-refractivity contribution is 5.85. The van der Waals surface area contributed by atoms with Gasteiger partial charge in [0.1, 0.15) is 5.82 Å². The summed E-state index contributed by atoms with van der Waals surface area (Å²) in [5.74, 6) is 0.650. The molecule has 4 rings (SSSR count). The number of hydrogen-bond donors (Lipinski definition) is 3. The highest BCUT2D eigenvalue weighted by Gasteiger charge is 2.09. The molecule has 0 saturated carbocycles. The van der Waals surface area contributed by atoms with Gasteiger partial charge in [-0.15, -0.1) is 12.4 Å². The van der Waals surface area contributed by atoms with Crippen LogP contribution in [0.25, 0.3) is 0 Å². The highest BCUT2D eigenvalue weighted by atomic mass is 35.5. The molecule has 0 spiro atoms. The summed E-state index contributed by atoms with van der Waals surface area (Å²) in [4.78, 5) is 17.0. The van der Waals surface area contributed by atoms with Crippen molar-refractivity contribution < 1.29 is 4.39 Å². The summed E-state index contributed by atoms with van der Waals surface area (Å²) in [6.07, 6.45) is 2.72. The molecule has 2 heterocycles. The van der Waals surface area contributed by atoms with E-state index in [1.54, 1.807) is 6.07 Å². The summed E-state index contributed by atoms with van der Waals surface area (Å²) in [5.41, 5.74) is 2.15. The SMILES string of the molecule is Cl.Fc1cnccc1CNc1nc(Nc2ccccc2)nc(Nc2ccccc2)n1. The van der Waals surface area contributed by atoms with E-state index < -0.39 is 0 Å². The van der Waals surface area contributed by atoms with Crippen molar-refractivity contribution in [3.05, 3.63) is 90.5 Å². The molecule has 0 atom stereocenters. The van der Waals surface area contributed by atoms with Gasteiger partial charge in [-0.05, 0) is 30.3 Å². The van der Waals surface area contributed by atoms with Crippen molar-refractivity contribution >= 4 is 41.6 Å². The van der Waals surface area contributed by atoms with Crippen LogP contribution in [-0.4, -0.2) is 19.9 Å². The van der Waals surface area contributed by atoms with E-state index in [1.807, 2.05) is 60.7 Å². The fourth-order valence-corrected chi connectivity index (χ4v) is 2.59. The molecule has 0 aliphatic rings. The molecule has 0 amide bonds. The second kappa shape index (κ2) is 10.1. The molecule has 0 fully saturated rings. The lowest BCUT2D eigenvalue weighted by Gasteiger charge is -2.11. The molecular weight excluding hydrogens is 405 g/mol. The van der Waals surface area contributed by atoms with E-state index in [9.17, 15) is 4.39 Å².